The Bertz CT molecular complexity index is 327. The van der Waals surface area contributed by atoms with Crippen molar-refractivity contribution in [3.63, 3.8) is 0 Å². The first-order valence-corrected chi connectivity index (χ1v) is 6.73. The van der Waals surface area contributed by atoms with Gasteiger partial charge in [-0.1, -0.05) is 35.0 Å². The highest BCUT2D eigenvalue weighted by Gasteiger charge is 2.12. The van der Waals surface area contributed by atoms with E-state index >= 15 is 0 Å². The van der Waals surface area contributed by atoms with Crippen molar-refractivity contribution >= 4 is 15.9 Å². The van der Waals surface area contributed by atoms with Gasteiger partial charge in [0.2, 0.25) is 0 Å². The molecule has 17 heavy (non-hydrogen) atoms. The molecule has 0 aliphatic carbocycles. The Labute approximate surface area is 111 Å². The van der Waals surface area contributed by atoms with Gasteiger partial charge < -0.3 is 10.2 Å². The van der Waals surface area contributed by atoms with Gasteiger partial charge in [0.1, 0.15) is 0 Å². The van der Waals surface area contributed by atoms with Gasteiger partial charge in [-0.15, -0.1) is 0 Å². The van der Waals surface area contributed by atoms with E-state index in [4.69, 9.17) is 5.11 Å². The summed E-state index contributed by atoms with van der Waals surface area (Å²) < 4.78 is 0.971. The maximum Gasteiger partial charge on any atom is 0.0917 e. The Hall–Kier alpha value is -0.420. The molecule has 1 atom stereocenters. The number of nitrogens with zero attached hydrogens (tertiary/aromatic N) is 1. The lowest BCUT2D eigenvalue weighted by atomic mass is 10.1. The quantitative estimate of drug-likeness (QED) is 0.811. The predicted octanol–water partition coefficient (Wildman–Crippen LogP) is 2.19. The van der Waals surface area contributed by atoms with Gasteiger partial charge in [0.05, 0.1) is 12.7 Å². The third-order valence-electron chi connectivity index (χ3n) is 2.62. The third-order valence-corrected chi connectivity index (χ3v) is 3.11. The van der Waals surface area contributed by atoms with E-state index in [1.54, 1.807) is 0 Å². The van der Waals surface area contributed by atoms with Gasteiger partial charge in [-0.3, -0.25) is 4.90 Å². The van der Waals surface area contributed by atoms with Gasteiger partial charge in [0.15, 0.2) is 0 Å². The number of halogens is 1. The highest BCUT2D eigenvalue weighted by molar-refractivity contribution is 9.10. The molecular formula is C13H20BrNO2. The Morgan fingerprint density at radius 2 is 2.12 bits per heavy atom. The molecule has 0 saturated carbocycles. The molecule has 1 aromatic rings. The van der Waals surface area contributed by atoms with Gasteiger partial charge in [-0.2, -0.15) is 0 Å². The monoisotopic (exact) mass is 301 g/mol. The fourth-order valence-corrected chi connectivity index (χ4v) is 2.23. The molecule has 1 rings (SSSR count). The maximum atomic E-state index is 10.1. The van der Waals surface area contributed by atoms with Crippen LogP contribution < -0.4 is 0 Å². The minimum absolute atomic E-state index is 0.130. The summed E-state index contributed by atoms with van der Waals surface area (Å²) >= 11 is 3.39. The van der Waals surface area contributed by atoms with Crippen molar-refractivity contribution in [3.8, 4) is 0 Å². The van der Waals surface area contributed by atoms with Gasteiger partial charge in [0, 0.05) is 17.6 Å². The zero-order valence-corrected chi connectivity index (χ0v) is 11.7. The summed E-state index contributed by atoms with van der Waals surface area (Å²) in [6, 6.07) is 7.69. The highest BCUT2D eigenvalue weighted by Crippen LogP contribution is 2.19. The molecule has 2 N–H and O–H groups in total. The summed E-state index contributed by atoms with van der Waals surface area (Å²) in [5.74, 6) is 0. The SMILES string of the molecule is CCCN(CCO)C[C@@H](O)c1cccc(Br)c1. The summed E-state index contributed by atoms with van der Waals surface area (Å²) in [4.78, 5) is 2.07. The zero-order chi connectivity index (χ0) is 12.7. The van der Waals surface area contributed by atoms with Crippen molar-refractivity contribution < 1.29 is 10.2 Å². The summed E-state index contributed by atoms with van der Waals surface area (Å²) in [5, 5.41) is 19.1. The molecule has 3 nitrogen and oxygen atoms in total. The molecule has 0 unspecified atom stereocenters. The smallest absolute Gasteiger partial charge is 0.0917 e. The topological polar surface area (TPSA) is 43.7 Å². The molecule has 96 valence electrons. The van der Waals surface area contributed by atoms with Crippen LogP contribution >= 0.6 is 15.9 Å². The highest BCUT2D eigenvalue weighted by atomic mass is 79.9. The molecule has 0 amide bonds. The Kier molecular flexibility index (Phi) is 6.73. The first kappa shape index (κ1) is 14.6. The van der Waals surface area contributed by atoms with Crippen LogP contribution in [0, 0.1) is 0 Å². The van der Waals surface area contributed by atoms with E-state index in [-0.39, 0.29) is 6.61 Å². The molecule has 0 aliphatic rings. The first-order valence-electron chi connectivity index (χ1n) is 5.94. The van der Waals surface area contributed by atoms with Crippen molar-refractivity contribution in [2.24, 2.45) is 0 Å². The predicted molar refractivity (Wildman–Crippen MR) is 72.9 cm³/mol. The molecule has 1 aromatic carbocycles. The molecule has 0 saturated heterocycles. The fourth-order valence-electron chi connectivity index (χ4n) is 1.82. The zero-order valence-electron chi connectivity index (χ0n) is 10.1. The lowest BCUT2D eigenvalue weighted by Crippen LogP contribution is -2.32. The number of rotatable bonds is 7. The van der Waals surface area contributed by atoms with Crippen LogP contribution in [-0.4, -0.2) is 41.4 Å². The van der Waals surface area contributed by atoms with E-state index in [0.717, 1.165) is 23.0 Å². The maximum absolute atomic E-state index is 10.1. The van der Waals surface area contributed by atoms with Crippen LogP contribution in [0.3, 0.4) is 0 Å². The summed E-state index contributed by atoms with van der Waals surface area (Å²) in [6.07, 6.45) is 0.510. The average Bonchev–Trinajstić information content (AvgIpc) is 2.29. The Morgan fingerprint density at radius 1 is 1.35 bits per heavy atom. The summed E-state index contributed by atoms with van der Waals surface area (Å²) in [6.45, 7) is 4.29. The largest absolute Gasteiger partial charge is 0.395 e. The van der Waals surface area contributed by atoms with Gasteiger partial charge >= 0.3 is 0 Å². The normalized spacial score (nSPS) is 13.0. The van der Waals surface area contributed by atoms with Crippen LogP contribution in [0.15, 0.2) is 28.7 Å². The molecule has 0 spiro atoms. The number of hydrogen-bond donors (Lipinski definition) is 2. The minimum atomic E-state index is -0.509. The van der Waals surface area contributed by atoms with Gasteiger partial charge in [-0.05, 0) is 30.7 Å². The first-order chi connectivity index (χ1) is 8.17. The number of aliphatic hydroxyl groups excluding tert-OH is 2. The van der Waals surface area contributed by atoms with E-state index < -0.39 is 6.10 Å². The minimum Gasteiger partial charge on any atom is -0.395 e. The fraction of sp³-hybridized carbons (Fsp3) is 0.538. The lowest BCUT2D eigenvalue weighted by Gasteiger charge is -2.24. The molecular weight excluding hydrogens is 282 g/mol. The van der Waals surface area contributed by atoms with E-state index in [9.17, 15) is 5.11 Å². The van der Waals surface area contributed by atoms with Crippen molar-refractivity contribution in [3.05, 3.63) is 34.3 Å². The van der Waals surface area contributed by atoms with Crippen LogP contribution in [0.2, 0.25) is 0 Å². The van der Waals surface area contributed by atoms with E-state index in [1.165, 1.54) is 0 Å². The summed E-state index contributed by atoms with van der Waals surface area (Å²) in [7, 11) is 0. The van der Waals surface area contributed by atoms with E-state index in [1.807, 2.05) is 24.3 Å². The van der Waals surface area contributed by atoms with Crippen LogP contribution in [0.5, 0.6) is 0 Å². The van der Waals surface area contributed by atoms with Crippen LogP contribution in [-0.2, 0) is 0 Å². The van der Waals surface area contributed by atoms with Crippen LogP contribution in [0.4, 0.5) is 0 Å². The van der Waals surface area contributed by atoms with Crippen molar-refractivity contribution in [2.45, 2.75) is 19.4 Å². The second kappa shape index (κ2) is 7.82. The van der Waals surface area contributed by atoms with Gasteiger partial charge in [0.25, 0.3) is 0 Å². The van der Waals surface area contributed by atoms with Crippen molar-refractivity contribution in [2.75, 3.05) is 26.2 Å². The van der Waals surface area contributed by atoms with E-state index in [2.05, 4.69) is 27.8 Å². The second-order valence-electron chi connectivity index (χ2n) is 4.10. The molecule has 0 aromatic heterocycles. The molecule has 0 fully saturated rings. The van der Waals surface area contributed by atoms with Crippen LogP contribution in [0.1, 0.15) is 25.0 Å². The molecule has 0 radical (unpaired) electrons. The lowest BCUT2D eigenvalue weighted by molar-refractivity contribution is 0.0998. The molecule has 4 heteroatoms. The Morgan fingerprint density at radius 3 is 2.71 bits per heavy atom. The van der Waals surface area contributed by atoms with Crippen LogP contribution in [0.25, 0.3) is 0 Å². The second-order valence-corrected chi connectivity index (χ2v) is 5.01. The molecule has 0 bridgehead atoms. The van der Waals surface area contributed by atoms with Crippen molar-refractivity contribution in [1.82, 2.24) is 4.90 Å². The molecule has 0 aliphatic heterocycles. The molecule has 0 heterocycles. The van der Waals surface area contributed by atoms with Gasteiger partial charge in [-0.25, -0.2) is 0 Å². The number of benzene rings is 1. The van der Waals surface area contributed by atoms with Crippen molar-refractivity contribution in [1.29, 1.82) is 0 Å². The number of hydrogen-bond acceptors (Lipinski definition) is 3. The summed E-state index contributed by atoms with van der Waals surface area (Å²) in [5.41, 5.74) is 0.901. The Balaban J connectivity index is 2.59. The standard InChI is InChI=1S/C13H20BrNO2/c1-2-6-15(7-8-16)10-13(17)11-4-3-5-12(14)9-11/h3-5,9,13,16-17H,2,6-8,10H2,1H3/t13-/m1/s1. The third kappa shape index (κ3) is 5.17. The average molecular weight is 302 g/mol. The number of aliphatic hydroxyl groups is 2. The van der Waals surface area contributed by atoms with E-state index in [0.29, 0.717) is 13.1 Å².